The Morgan fingerprint density at radius 1 is 1.10 bits per heavy atom. The van der Waals surface area contributed by atoms with Crippen LogP contribution in [0.15, 0.2) is 70.2 Å². The number of methoxy groups -OCH3 is 1. The first-order valence-corrected chi connectivity index (χ1v) is 9.04. The molecule has 3 rings (SSSR count). The number of hydrogen-bond donors (Lipinski definition) is 2. The van der Waals surface area contributed by atoms with Gasteiger partial charge in [-0.1, -0.05) is 30.3 Å². The monoisotopic (exact) mass is 408 g/mol. The molecule has 0 radical (unpaired) electrons. The number of benzene rings is 2. The third-order valence-corrected chi connectivity index (χ3v) is 4.04. The van der Waals surface area contributed by atoms with E-state index in [2.05, 4.69) is 10.5 Å². The van der Waals surface area contributed by atoms with Crippen LogP contribution in [0.2, 0.25) is 0 Å². The first kappa shape index (κ1) is 20.7. The van der Waals surface area contributed by atoms with Gasteiger partial charge in [-0.05, 0) is 41.5 Å². The summed E-state index contributed by atoms with van der Waals surface area (Å²) in [6.07, 6.45) is 1.74. The number of carboxylic acids is 1. The maximum atomic E-state index is 11.9. The van der Waals surface area contributed by atoms with Crippen LogP contribution in [-0.4, -0.2) is 30.3 Å². The van der Waals surface area contributed by atoms with E-state index in [4.69, 9.17) is 19.0 Å². The lowest BCUT2D eigenvalue weighted by Gasteiger charge is -2.10. The van der Waals surface area contributed by atoms with E-state index in [1.54, 1.807) is 18.2 Å². The fourth-order valence-electron chi connectivity index (χ4n) is 2.60. The molecule has 1 amide bonds. The van der Waals surface area contributed by atoms with Crippen molar-refractivity contribution in [2.24, 2.45) is 5.10 Å². The molecule has 0 aliphatic heterocycles. The highest BCUT2D eigenvalue weighted by Crippen LogP contribution is 2.28. The predicted molar refractivity (Wildman–Crippen MR) is 109 cm³/mol. The van der Waals surface area contributed by atoms with Crippen molar-refractivity contribution in [3.8, 4) is 11.5 Å². The van der Waals surface area contributed by atoms with Crippen LogP contribution in [-0.2, 0) is 17.8 Å². The molecule has 0 spiro atoms. The van der Waals surface area contributed by atoms with Crippen LogP contribution in [0.5, 0.6) is 11.5 Å². The first-order valence-electron chi connectivity index (χ1n) is 9.04. The van der Waals surface area contributed by atoms with Gasteiger partial charge in [0.1, 0.15) is 12.4 Å². The molecular weight excluding hydrogens is 388 g/mol. The van der Waals surface area contributed by atoms with Gasteiger partial charge in [0.25, 0.3) is 0 Å². The summed E-state index contributed by atoms with van der Waals surface area (Å²) in [5, 5.41) is 12.8. The van der Waals surface area contributed by atoms with Crippen LogP contribution >= 0.6 is 0 Å². The van der Waals surface area contributed by atoms with Gasteiger partial charge in [-0.15, -0.1) is 0 Å². The normalized spacial score (nSPS) is 10.7. The Hall–Kier alpha value is -4.07. The summed E-state index contributed by atoms with van der Waals surface area (Å²) in [5.41, 5.74) is 4.09. The van der Waals surface area contributed by atoms with Crippen molar-refractivity contribution in [2.75, 3.05) is 7.11 Å². The average Bonchev–Trinajstić information content (AvgIpc) is 3.23. The average molecular weight is 408 g/mol. The molecule has 0 fully saturated rings. The lowest BCUT2D eigenvalue weighted by molar-refractivity contribution is -0.120. The molecule has 2 N–H and O–H groups in total. The van der Waals surface area contributed by atoms with Crippen molar-refractivity contribution in [3.63, 3.8) is 0 Å². The third-order valence-electron chi connectivity index (χ3n) is 4.04. The zero-order valence-corrected chi connectivity index (χ0v) is 16.2. The largest absolute Gasteiger partial charge is 0.493 e. The lowest BCUT2D eigenvalue weighted by Crippen LogP contribution is -2.19. The van der Waals surface area contributed by atoms with Gasteiger partial charge in [0.05, 0.1) is 19.7 Å². The lowest BCUT2D eigenvalue weighted by atomic mass is 10.1. The molecule has 0 bridgehead atoms. The van der Waals surface area contributed by atoms with E-state index >= 15 is 0 Å². The summed E-state index contributed by atoms with van der Waals surface area (Å²) in [4.78, 5) is 22.8. The molecule has 8 heteroatoms. The Balaban J connectivity index is 1.57. The summed E-state index contributed by atoms with van der Waals surface area (Å²) in [6.45, 7) is 0.0482. The van der Waals surface area contributed by atoms with E-state index < -0.39 is 5.97 Å². The molecule has 0 saturated carbocycles. The zero-order valence-electron chi connectivity index (χ0n) is 16.2. The summed E-state index contributed by atoms with van der Waals surface area (Å²) in [5.74, 6) is -0.222. The highest BCUT2D eigenvalue weighted by atomic mass is 16.5. The maximum Gasteiger partial charge on any atom is 0.371 e. The summed E-state index contributed by atoms with van der Waals surface area (Å²) in [7, 11) is 1.50. The number of hydrazone groups is 1. The Bertz CT molecular complexity index is 1040. The van der Waals surface area contributed by atoms with E-state index in [-0.39, 0.29) is 24.7 Å². The third kappa shape index (κ3) is 5.71. The van der Waals surface area contributed by atoms with Gasteiger partial charge in [0.15, 0.2) is 11.5 Å². The van der Waals surface area contributed by atoms with Gasteiger partial charge in [0.2, 0.25) is 11.7 Å². The number of nitrogens with one attached hydrogen (secondary N) is 1. The first-order chi connectivity index (χ1) is 14.5. The van der Waals surface area contributed by atoms with E-state index in [0.29, 0.717) is 22.8 Å². The fourth-order valence-corrected chi connectivity index (χ4v) is 2.60. The Morgan fingerprint density at radius 3 is 2.60 bits per heavy atom. The van der Waals surface area contributed by atoms with Crippen molar-refractivity contribution in [1.82, 2.24) is 5.43 Å². The number of hydrogen-bond acceptors (Lipinski definition) is 6. The molecule has 2 aromatic carbocycles. The van der Waals surface area contributed by atoms with Crippen molar-refractivity contribution < 1.29 is 28.6 Å². The molecule has 154 valence electrons. The van der Waals surface area contributed by atoms with E-state index in [9.17, 15) is 9.59 Å². The minimum Gasteiger partial charge on any atom is -0.493 e. The van der Waals surface area contributed by atoms with Gasteiger partial charge in [-0.2, -0.15) is 5.10 Å². The van der Waals surface area contributed by atoms with E-state index in [0.717, 1.165) is 5.56 Å². The smallest absolute Gasteiger partial charge is 0.371 e. The maximum absolute atomic E-state index is 11.9. The Labute approximate surface area is 172 Å². The van der Waals surface area contributed by atoms with Crippen molar-refractivity contribution in [1.29, 1.82) is 0 Å². The molecule has 8 nitrogen and oxygen atoms in total. The molecule has 30 heavy (non-hydrogen) atoms. The number of furan rings is 1. The standard InChI is InChI=1S/C22H20N2O6/c1-28-20-11-16(13-23-24-21(25)12-15-5-3-2-4-6-15)7-9-18(20)29-14-17-8-10-19(30-17)22(26)27/h2-11,13H,12,14H2,1H3,(H,24,25)(H,26,27)/b23-13-. The number of carboxylic acid groups (broad SMARTS) is 1. The predicted octanol–water partition coefficient (Wildman–Crippen LogP) is 3.26. The minimum absolute atomic E-state index is 0.0482. The van der Waals surface area contributed by atoms with Crippen molar-refractivity contribution >= 4 is 18.1 Å². The molecule has 1 heterocycles. The molecule has 0 unspecified atom stereocenters. The summed E-state index contributed by atoms with van der Waals surface area (Å²) < 4.78 is 16.1. The fraction of sp³-hybridized carbons (Fsp3) is 0.136. The van der Waals surface area contributed by atoms with Crippen LogP contribution in [0, 0.1) is 0 Å². The van der Waals surface area contributed by atoms with Crippen LogP contribution in [0.3, 0.4) is 0 Å². The second-order valence-electron chi connectivity index (χ2n) is 6.23. The Kier molecular flexibility index (Phi) is 6.83. The van der Waals surface area contributed by atoms with Crippen LogP contribution in [0.25, 0.3) is 0 Å². The number of rotatable bonds is 9. The number of amides is 1. The zero-order chi connectivity index (χ0) is 21.3. The number of carbonyl (C=O) groups is 2. The molecule has 0 aliphatic carbocycles. The molecule has 3 aromatic rings. The van der Waals surface area contributed by atoms with Crippen molar-refractivity contribution in [3.05, 3.63) is 83.3 Å². The van der Waals surface area contributed by atoms with Crippen LogP contribution < -0.4 is 14.9 Å². The van der Waals surface area contributed by atoms with Crippen LogP contribution in [0.1, 0.15) is 27.4 Å². The SMILES string of the molecule is COc1cc(/C=N\NC(=O)Cc2ccccc2)ccc1OCc1ccc(C(=O)O)o1. The topological polar surface area (TPSA) is 110 Å². The number of nitrogens with zero attached hydrogens (tertiary/aromatic N) is 1. The Morgan fingerprint density at radius 2 is 1.90 bits per heavy atom. The van der Waals surface area contributed by atoms with E-state index in [1.807, 2.05) is 30.3 Å². The quantitative estimate of drug-likeness (QED) is 0.415. The highest BCUT2D eigenvalue weighted by Gasteiger charge is 2.11. The number of carbonyl (C=O) groups excluding carboxylic acids is 1. The van der Waals surface area contributed by atoms with Crippen LogP contribution in [0.4, 0.5) is 0 Å². The second-order valence-corrected chi connectivity index (χ2v) is 6.23. The van der Waals surface area contributed by atoms with Crippen molar-refractivity contribution in [2.45, 2.75) is 13.0 Å². The number of aromatic carboxylic acids is 1. The summed E-state index contributed by atoms with van der Waals surface area (Å²) >= 11 is 0. The molecule has 0 aliphatic rings. The van der Waals surface area contributed by atoms with Gasteiger partial charge < -0.3 is 19.0 Å². The summed E-state index contributed by atoms with van der Waals surface area (Å²) in [6, 6.07) is 17.4. The number of ether oxygens (including phenoxy) is 2. The molecule has 1 aromatic heterocycles. The minimum atomic E-state index is -1.14. The van der Waals surface area contributed by atoms with E-state index in [1.165, 1.54) is 25.5 Å². The van der Waals surface area contributed by atoms with Gasteiger partial charge in [-0.3, -0.25) is 4.79 Å². The second kappa shape index (κ2) is 9.92. The van der Waals surface area contributed by atoms with Gasteiger partial charge >= 0.3 is 5.97 Å². The molecule has 0 atom stereocenters. The van der Waals surface area contributed by atoms with Gasteiger partial charge in [0, 0.05) is 0 Å². The van der Waals surface area contributed by atoms with Gasteiger partial charge in [-0.25, -0.2) is 10.2 Å². The molecule has 0 saturated heterocycles. The molecular formula is C22H20N2O6. The highest BCUT2D eigenvalue weighted by molar-refractivity contribution is 5.84.